The fraction of sp³-hybridized carbons (Fsp3) is 0.0435. The van der Waals surface area contributed by atoms with E-state index in [1.807, 2.05) is 30.3 Å². The van der Waals surface area contributed by atoms with Crippen LogP contribution in [-0.2, 0) is 6.54 Å². The van der Waals surface area contributed by atoms with Crippen LogP contribution in [0.1, 0.15) is 5.56 Å². The molecule has 0 aliphatic carbocycles. The number of halogens is 1. The van der Waals surface area contributed by atoms with Gasteiger partial charge in [-0.3, -0.25) is 14.3 Å². The number of nitrogens with zero attached hydrogens (tertiary/aromatic N) is 4. The Balaban J connectivity index is 1.53. The fourth-order valence-electron chi connectivity index (χ4n) is 3.44. The van der Waals surface area contributed by atoms with Crippen molar-refractivity contribution in [1.29, 1.82) is 0 Å². The van der Waals surface area contributed by atoms with E-state index >= 15 is 0 Å². The zero-order valence-corrected chi connectivity index (χ0v) is 15.3. The summed E-state index contributed by atoms with van der Waals surface area (Å²) >= 11 is 0. The lowest BCUT2D eigenvalue weighted by Crippen LogP contribution is -2.22. The summed E-state index contributed by atoms with van der Waals surface area (Å²) in [5, 5.41) is 2.08. The maximum atomic E-state index is 14.9. The van der Waals surface area contributed by atoms with E-state index in [9.17, 15) is 9.18 Å². The normalized spacial score (nSPS) is 11.2. The highest BCUT2D eigenvalue weighted by molar-refractivity contribution is 5.86. The molecule has 0 fully saturated rings. The van der Waals surface area contributed by atoms with E-state index in [0.29, 0.717) is 16.7 Å². The largest absolute Gasteiger partial charge is 0.285 e. The summed E-state index contributed by atoms with van der Waals surface area (Å²) in [7, 11) is 0. The topological polar surface area (TPSA) is 60.7 Å². The molecule has 0 atom stereocenters. The third-order valence-electron chi connectivity index (χ3n) is 4.96. The molecule has 5 rings (SSSR count). The molecule has 3 aromatic heterocycles. The van der Waals surface area contributed by atoms with Crippen LogP contribution in [0.3, 0.4) is 0 Å². The summed E-state index contributed by atoms with van der Waals surface area (Å²) < 4.78 is 16.3. The van der Waals surface area contributed by atoms with Crippen LogP contribution in [0.15, 0.2) is 84.2 Å². The van der Waals surface area contributed by atoms with Gasteiger partial charge in [0.05, 0.1) is 12.7 Å². The van der Waals surface area contributed by atoms with Gasteiger partial charge in [0.1, 0.15) is 11.3 Å². The van der Waals surface area contributed by atoms with Crippen LogP contribution in [0.2, 0.25) is 0 Å². The second-order valence-corrected chi connectivity index (χ2v) is 6.77. The molecular weight excluding hydrogens is 367 g/mol. The van der Waals surface area contributed by atoms with Crippen LogP contribution in [0, 0.1) is 5.82 Å². The van der Waals surface area contributed by atoms with Crippen LogP contribution in [0.5, 0.6) is 0 Å². The van der Waals surface area contributed by atoms with Gasteiger partial charge >= 0.3 is 0 Å². The number of hydrogen-bond donors (Lipinski definition) is 0. The van der Waals surface area contributed by atoms with E-state index in [1.165, 1.54) is 16.8 Å². The molecule has 6 heteroatoms. The molecule has 5 aromatic rings. The van der Waals surface area contributed by atoms with E-state index in [-0.39, 0.29) is 17.9 Å². The number of benzene rings is 2. The Bertz CT molecular complexity index is 1430. The average molecular weight is 382 g/mol. The molecule has 29 heavy (non-hydrogen) atoms. The third-order valence-corrected chi connectivity index (χ3v) is 4.96. The molecule has 0 radical (unpaired) electrons. The van der Waals surface area contributed by atoms with Crippen molar-refractivity contribution >= 4 is 21.9 Å². The van der Waals surface area contributed by atoms with E-state index in [1.54, 1.807) is 36.8 Å². The predicted molar refractivity (Wildman–Crippen MR) is 110 cm³/mol. The van der Waals surface area contributed by atoms with Crippen molar-refractivity contribution in [3.05, 3.63) is 101 Å². The van der Waals surface area contributed by atoms with Crippen molar-refractivity contribution in [2.75, 3.05) is 0 Å². The first-order valence-corrected chi connectivity index (χ1v) is 9.12. The van der Waals surface area contributed by atoms with Crippen molar-refractivity contribution in [3.63, 3.8) is 0 Å². The van der Waals surface area contributed by atoms with Crippen molar-refractivity contribution < 1.29 is 4.39 Å². The first-order chi connectivity index (χ1) is 14.2. The van der Waals surface area contributed by atoms with Crippen LogP contribution in [0.4, 0.5) is 4.39 Å². The maximum absolute atomic E-state index is 14.9. The van der Waals surface area contributed by atoms with Gasteiger partial charge < -0.3 is 0 Å². The highest BCUT2D eigenvalue weighted by Crippen LogP contribution is 2.26. The predicted octanol–water partition coefficient (Wildman–Crippen LogP) is 4.19. The summed E-state index contributed by atoms with van der Waals surface area (Å²) in [5.74, 6) is -0.374. The number of hydrogen-bond acceptors (Lipinski definition) is 4. The highest BCUT2D eigenvalue weighted by atomic mass is 19.1. The van der Waals surface area contributed by atoms with Gasteiger partial charge in [0, 0.05) is 29.5 Å². The highest BCUT2D eigenvalue weighted by Gasteiger charge is 2.11. The lowest BCUT2D eigenvalue weighted by molar-refractivity contribution is 0.599. The first-order valence-electron chi connectivity index (χ1n) is 9.12. The number of aromatic nitrogens is 4. The summed E-state index contributed by atoms with van der Waals surface area (Å²) in [6.07, 6.45) is 6.36. The minimum Gasteiger partial charge on any atom is -0.285 e. The van der Waals surface area contributed by atoms with Gasteiger partial charge in [0.2, 0.25) is 0 Å². The lowest BCUT2D eigenvalue weighted by atomic mass is 10.0. The number of rotatable bonds is 3. The molecule has 0 amide bonds. The molecule has 0 saturated heterocycles. The second kappa shape index (κ2) is 6.91. The SMILES string of the molecule is O=c1cnc2cccnc2n1Cc1ccc(-c2ccc3ccncc3c2)cc1F. The zero-order valence-electron chi connectivity index (χ0n) is 15.3. The van der Waals surface area contributed by atoms with Crippen LogP contribution < -0.4 is 5.56 Å². The van der Waals surface area contributed by atoms with Gasteiger partial charge in [-0.2, -0.15) is 0 Å². The van der Waals surface area contributed by atoms with Gasteiger partial charge in [-0.15, -0.1) is 0 Å². The Hall–Kier alpha value is -3.93. The standard InChI is InChI=1S/C23H15FN4O/c24-20-11-17(16-4-3-15-7-9-25-12-19(15)10-16)5-6-18(20)14-28-22(29)13-27-21-2-1-8-26-23(21)28/h1-13H,14H2. The van der Waals surface area contributed by atoms with Crippen molar-refractivity contribution in [2.45, 2.75) is 6.54 Å². The van der Waals surface area contributed by atoms with Gasteiger partial charge in [-0.25, -0.2) is 14.4 Å². The summed E-state index contributed by atoms with van der Waals surface area (Å²) in [6, 6.07) is 16.5. The molecule has 140 valence electrons. The molecule has 0 bridgehead atoms. The molecule has 2 aromatic carbocycles. The molecule has 0 aliphatic heterocycles. The van der Waals surface area contributed by atoms with E-state index in [2.05, 4.69) is 15.0 Å². The Morgan fingerprint density at radius 2 is 1.72 bits per heavy atom. The minimum absolute atomic E-state index is 0.0859. The van der Waals surface area contributed by atoms with Crippen LogP contribution >= 0.6 is 0 Å². The first kappa shape index (κ1) is 17.2. The van der Waals surface area contributed by atoms with Gasteiger partial charge in [-0.1, -0.05) is 24.3 Å². The van der Waals surface area contributed by atoms with Crippen molar-refractivity contribution in [3.8, 4) is 11.1 Å². The lowest BCUT2D eigenvalue weighted by Gasteiger charge is -2.11. The van der Waals surface area contributed by atoms with Gasteiger partial charge in [0.25, 0.3) is 5.56 Å². The molecular formula is C23H15FN4O. The smallest absolute Gasteiger partial charge is 0.270 e. The van der Waals surface area contributed by atoms with Crippen LogP contribution in [-0.4, -0.2) is 19.5 Å². The van der Waals surface area contributed by atoms with Gasteiger partial charge in [-0.05, 0) is 46.8 Å². The molecule has 0 unspecified atom stereocenters. The molecule has 0 spiro atoms. The van der Waals surface area contributed by atoms with E-state index in [4.69, 9.17) is 0 Å². The molecule has 0 aliphatic rings. The monoisotopic (exact) mass is 382 g/mol. The van der Waals surface area contributed by atoms with Crippen molar-refractivity contribution in [1.82, 2.24) is 19.5 Å². The Morgan fingerprint density at radius 3 is 2.62 bits per heavy atom. The van der Waals surface area contributed by atoms with E-state index < -0.39 is 0 Å². The third kappa shape index (κ3) is 3.14. The van der Waals surface area contributed by atoms with E-state index in [0.717, 1.165) is 21.9 Å². The molecule has 3 heterocycles. The molecule has 0 N–H and O–H groups in total. The Kier molecular flexibility index (Phi) is 4.09. The minimum atomic E-state index is -0.374. The summed E-state index contributed by atoms with van der Waals surface area (Å²) in [4.78, 5) is 24.8. The second-order valence-electron chi connectivity index (χ2n) is 6.77. The number of pyridine rings is 2. The zero-order chi connectivity index (χ0) is 19.8. The summed E-state index contributed by atoms with van der Waals surface area (Å²) in [6.45, 7) is 0.0859. The quantitative estimate of drug-likeness (QED) is 0.469. The maximum Gasteiger partial charge on any atom is 0.270 e. The van der Waals surface area contributed by atoms with Crippen molar-refractivity contribution in [2.24, 2.45) is 0 Å². The average Bonchev–Trinajstić information content (AvgIpc) is 2.76. The number of fused-ring (bicyclic) bond motifs is 2. The summed E-state index contributed by atoms with van der Waals surface area (Å²) in [5.41, 5.74) is 2.80. The molecule has 0 saturated carbocycles. The molecule has 5 nitrogen and oxygen atoms in total. The Labute approximate surface area is 165 Å². The fourth-order valence-corrected chi connectivity index (χ4v) is 3.44. The van der Waals surface area contributed by atoms with Crippen LogP contribution in [0.25, 0.3) is 33.1 Å². The van der Waals surface area contributed by atoms with Gasteiger partial charge in [0.15, 0.2) is 5.65 Å². The Morgan fingerprint density at radius 1 is 0.862 bits per heavy atom.